The number of piperidine rings is 2. The first-order valence-electron chi connectivity index (χ1n) is 15.5. The molecule has 2 fully saturated rings. The molecule has 0 aliphatic carbocycles. The molecule has 0 bridgehead atoms. The number of methoxy groups -OCH3 is 1. The van der Waals surface area contributed by atoms with Gasteiger partial charge in [0.05, 0.1) is 12.5 Å². The molecule has 0 spiro atoms. The van der Waals surface area contributed by atoms with Crippen molar-refractivity contribution in [2.24, 2.45) is 5.92 Å². The molecule has 2 aliphatic heterocycles. The molecule has 7 nitrogen and oxygen atoms in total. The number of benzene rings is 1. The van der Waals surface area contributed by atoms with E-state index in [0.717, 1.165) is 42.4 Å². The lowest BCUT2D eigenvalue weighted by Crippen LogP contribution is -2.42. The van der Waals surface area contributed by atoms with Gasteiger partial charge in [-0.15, -0.1) is 0 Å². The minimum atomic E-state index is -2.87. The molecule has 2 aliphatic rings. The van der Waals surface area contributed by atoms with E-state index >= 15 is 8.78 Å². The van der Waals surface area contributed by atoms with Gasteiger partial charge in [0.15, 0.2) is 5.65 Å². The zero-order valence-electron chi connectivity index (χ0n) is 25.9. The van der Waals surface area contributed by atoms with E-state index < -0.39 is 11.8 Å². The van der Waals surface area contributed by atoms with E-state index in [0.29, 0.717) is 61.3 Å². The molecule has 1 unspecified atom stereocenters. The summed E-state index contributed by atoms with van der Waals surface area (Å²) in [7, 11) is 1.65. The van der Waals surface area contributed by atoms with Crippen LogP contribution in [0.1, 0.15) is 89.0 Å². The van der Waals surface area contributed by atoms with Gasteiger partial charge in [0.2, 0.25) is 5.88 Å². The molecule has 9 heteroatoms. The number of hydrogen-bond donors (Lipinski definition) is 1. The Bertz CT molecular complexity index is 1350. The van der Waals surface area contributed by atoms with E-state index in [1.165, 1.54) is 6.33 Å². The van der Waals surface area contributed by atoms with Crippen molar-refractivity contribution in [2.45, 2.75) is 90.3 Å². The van der Waals surface area contributed by atoms with E-state index in [1.54, 1.807) is 25.3 Å². The molecule has 5 rings (SSSR count). The van der Waals surface area contributed by atoms with E-state index in [2.05, 4.69) is 58.8 Å². The molecule has 1 atom stereocenters. The number of pyridine rings is 1. The molecule has 0 radical (unpaired) electrons. The molecular weight excluding hydrogens is 534 g/mol. The van der Waals surface area contributed by atoms with Crippen LogP contribution in [0.2, 0.25) is 0 Å². The van der Waals surface area contributed by atoms with Crippen LogP contribution in [0.4, 0.5) is 14.6 Å². The van der Waals surface area contributed by atoms with Crippen molar-refractivity contribution in [3.05, 3.63) is 53.3 Å². The van der Waals surface area contributed by atoms with Crippen LogP contribution in [0.15, 0.2) is 36.7 Å². The average molecular weight is 581 g/mol. The van der Waals surface area contributed by atoms with Crippen molar-refractivity contribution in [3.63, 3.8) is 0 Å². The van der Waals surface area contributed by atoms with Crippen LogP contribution in [0.3, 0.4) is 0 Å². The summed E-state index contributed by atoms with van der Waals surface area (Å²) < 4.78 is 37.2. The fourth-order valence-corrected chi connectivity index (χ4v) is 6.60. The number of aromatic nitrogens is 3. The van der Waals surface area contributed by atoms with Gasteiger partial charge < -0.3 is 19.9 Å². The first-order chi connectivity index (χ1) is 20.1. The Morgan fingerprint density at radius 3 is 2.17 bits per heavy atom. The normalized spacial score (nSPS) is 19.1. The summed E-state index contributed by atoms with van der Waals surface area (Å²) in [6, 6.07) is 9.65. The molecular formula is C33H46F2N6O. The third kappa shape index (κ3) is 6.37. The SMILES string of the molecule is COc1nc2ncnc(NC(C)c3cccc(C(F)(F)C4CCN(C(C)C)CC4)c3)c2cc1C1CCN(C(C)C)CC1. The lowest BCUT2D eigenvalue weighted by atomic mass is 9.85. The smallest absolute Gasteiger partial charge is 0.276 e. The van der Waals surface area contributed by atoms with Crippen LogP contribution in [0.25, 0.3) is 11.0 Å². The molecule has 2 aromatic heterocycles. The summed E-state index contributed by atoms with van der Waals surface area (Å²) in [6.07, 6.45) is 4.56. The Kier molecular flexibility index (Phi) is 9.28. The minimum Gasteiger partial charge on any atom is -0.481 e. The second-order valence-corrected chi connectivity index (χ2v) is 12.6. The number of likely N-dealkylation sites (tertiary alicyclic amines) is 2. The van der Waals surface area contributed by atoms with Crippen LogP contribution >= 0.6 is 0 Å². The molecule has 1 N–H and O–H groups in total. The highest BCUT2D eigenvalue weighted by atomic mass is 19.3. The van der Waals surface area contributed by atoms with Crippen LogP contribution in [-0.2, 0) is 5.92 Å². The maximum absolute atomic E-state index is 15.7. The Hall–Kier alpha value is -2.91. The monoisotopic (exact) mass is 580 g/mol. The fraction of sp³-hybridized carbons (Fsp3) is 0.606. The standard InChI is InChI=1S/C33H46F2N6O/c1-21(2)40-14-10-24(11-15-40)28-19-29-30(36-20-37-31(29)39-32(28)42-6)38-23(5)25-8-7-9-27(18-25)33(34,35)26-12-16-41(17-13-26)22(3)4/h7-9,18-24,26H,10-17H2,1-6H3,(H,36,37,38,39). The van der Waals surface area contributed by atoms with Crippen LogP contribution in [-0.4, -0.2) is 70.1 Å². The maximum Gasteiger partial charge on any atom is 0.276 e. The number of ether oxygens (including phenoxy) is 1. The van der Waals surface area contributed by atoms with Gasteiger partial charge in [-0.1, -0.05) is 18.2 Å². The molecule has 4 heterocycles. The molecule has 42 heavy (non-hydrogen) atoms. The van der Waals surface area contributed by atoms with Crippen LogP contribution < -0.4 is 10.1 Å². The van der Waals surface area contributed by atoms with Gasteiger partial charge in [0.1, 0.15) is 12.1 Å². The number of fused-ring (bicyclic) bond motifs is 1. The average Bonchev–Trinajstić information content (AvgIpc) is 3.00. The highest BCUT2D eigenvalue weighted by molar-refractivity contribution is 5.87. The van der Waals surface area contributed by atoms with E-state index in [9.17, 15) is 0 Å². The number of anilines is 1. The summed E-state index contributed by atoms with van der Waals surface area (Å²) >= 11 is 0. The second kappa shape index (κ2) is 12.8. The third-order valence-electron chi connectivity index (χ3n) is 9.41. The van der Waals surface area contributed by atoms with Gasteiger partial charge in [-0.05, 0) is 110 Å². The van der Waals surface area contributed by atoms with Crippen LogP contribution in [0.5, 0.6) is 5.88 Å². The Morgan fingerprint density at radius 1 is 0.905 bits per heavy atom. The first kappa shape index (κ1) is 30.5. The van der Waals surface area contributed by atoms with Gasteiger partial charge in [0.25, 0.3) is 5.92 Å². The maximum atomic E-state index is 15.7. The van der Waals surface area contributed by atoms with Crippen LogP contribution in [0, 0.1) is 5.92 Å². The predicted molar refractivity (Wildman–Crippen MR) is 164 cm³/mol. The molecule has 228 valence electrons. The summed E-state index contributed by atoms with van der Waals surface area (Å²) in [5.74, 6) is -1.94. The molecule has 2 saturated heterocycles. The highest BCUT2D eigenvalue weighted by Gasteiger charge is 2.43. The van der Waals surface area contributed by atoms with E-state index in [-0.39, 0.29) is 11.6 Å². The molecule has 0 amide bonds. The zero-order valence-corrected chi connectivity index (χ0v) is 25.9. The second-order valence-electron chi connectivity index (χ2n) is 12.6. The number of nitrogens with one attached hydrogen (secondary N) is 1. The van der Waals surface area contributed by atoms with Crippen molar-refractivity contribution in [2.75, 3.05) is 38.6 Å². The minimum absolute atomic E-state index is 0.0885. The zero-order chi connectivity index (χ0) is 30.0. The lowest BCUT2D eigenvalue weighted by molar-refractivity contribution is -0.0876. The largest absolute Gasteiger partial charge is 0.481 e. The number of halogens is 2. The number of hydrogen-bond acceptors (Lipinski definition) is 7. The van der Waals surface area contributed by atoms with Crippen molar-refractivity contribution in [3.8, 4) is 5.88 Å². The van der Waals surface area contributed by atoms with Crippen molar-refractivity contribution in [1.82, 2.24) is 24.8 Å². The fourth-order valence-electron chi connectivity index (χ4n) is 6.60. The highest BCUT2D eigenvalue weighted by Crippen LogP contribution is 2.43. The Balaban J connectivity index is 1.36. The van der Waals surface area contributed by atoms with Crippen molar-refractivity contribution in [1.29, 1.82) is 0 Å². The number of alkyl halides is 2. The van der Waals surface area contributed by atoms with Crippen molar-refractivity contribution >= 4 is 16.9 Å². The summed E-state index contributed by atoms with van der Waals surface area (Å²) in [4.78, 5) is 18.5. The van der Waals surface area contributed by atoms with Gasteiger partial charge in [-0.3, -0.25) is 0 Å². The third-order valence-corrected chi connectivity index (χ3v) is 9.41. The topological polar surface area (TPSA) is 66.4 Å². The molecule has 3 aromatic rings. The summed E-state index contributed by atoms with van der Waals surface area (Å²) in [6.45, 7) is 14.2. The van der Waals surface area contributed by atoms with Gasteiger partial charge in [-0.25, -0.2) is 18.7 Å². The van der Waals surface area contributed by atoms with E-state index in [1.807, 2.05) is 13.0 Å². The first-order valence-corrected chi connectivity index (χ1v) is 15.5. The Morgan fingerprint density at radius 2 is 1.55 bits per heavy atom. The summed E-state index contributed by atoms with van der Waals surface area (Å²) in [5.41, 5.74) is 2.50. The predicted octanol–water partition coefficient (Wildman–Crippen LogP) is 7.01. The van der Waals surface area contributed by atoms with Gasteiger partial charge >= 0.3 is 0 Å². The van der Waals surface area contributed by atoms with Gasteiger partial charge in [-0.2, -0.15) is 4.98 Å². The van der Waals surface area contributed by atoms with E-state index in [4.69, 9.17) is 9.72 Å². The van der Waals surface area contributed by atoms with Gasteiger partial charge in [0, 0.05) is 35.2 Å². The van der Waals surface area contributed by atoms with Crippen molar-refractivity contribution < 1.29 is 13.5 Å². The molecule has 1 aromatic carbocycles. The Labute approximate surface area is 249 Å². The number of nitrogens with zero attached hydrogens (tertiary/aromatic N) is 5. The summed E-state index contributed by atoms with van der Waals surface area (Å²) in [5, 5.41) is 4.29. The lowest BCUT2D eigenvalue weighted by Gasteiger charge is -2.38. The quantitative estimate of drug-likeness (QED) is 0.292. The number of rotatable bonds is 9. The molecule has 0 saturated carbocycles.